The molecule has 12 nitrogen and oxygen atoms in total. The normalized spacial score (nSPS) is 16.4. The maximum absolute atomic E-state index is 15.3. The van der Waals surface area contributed by atoms with Crippen LogP contribution in [0.5, 0.6) is 0 Å². The van der Waals surface area contributed by atoms with Crippen molar-refractivity contribution in [2.75, 3.05) is 23.1 Å². The van der Waals surface area contributed by atoms with Gasteiger partial charge in [-0.2, -0.15) is 4.98 Å². The minimum Gasteiger partial charge on any atom is -0.445 e. The summed E-state index contributed by atoms with van der Waals surface area (Å²) in [6.07, 6.45) is -0.449. The molecule has 1 fully saturated rings. The number of sulfonamides is 1. The third kappa shape index (κ3) is 8.05. The van der Waals surface area contributed by atoms with Gasteiger partial charge in [-0.15, -0.1) is 0 Å². The topological polar surface area (TPSA) is 148 Å². The second kappa shape index (κ2) is 14.6. The van der Waals surface area contributed by atoms with Crippen LogP contribution in [0.3, 0.4) is 0 Å². The van der Waals surface area contributed by atoms with Crippen molar-refractivity contribution in [1.29, 1.82) is 0 Å². The zero-order valence-corrected chi connectivity index (χ0v) is 28.1. The third-order valence-electron chi connectivity index (χ3n) is 8.05. The molecule has 0 unspecified atom stereocenters. The van der Waals surface area contributed by atoms with E-state index in [1.54, 1.807) is 44.2 Å². The Morgan fingerprint density at radius 2 is 1.70 bits per heavy atom. The number of carbonyl (C=O) groups is 1. The van der Waals surface area contributed by atoms with Crippen LogP contribution in [0.4, 0.5) is 25.2 Å². The van der Waals surface area contributed by atoms with E-state index in [0.717, 1.165) is 11.6 Å². The molecule has 0 radical (unpaired) electrons. The second-order valence-corrected chi connectivity index (χ2v) is 14.0. The van der Waals surface area contributed by atoms with E-state index in [4.69, 9.17) is 4.74 Å². The molecular formula is C35H35F2N7O5S. The Labute approximate surface area is 287 Å². The molecular weight excluding hydrogens is 668 g/mol. The summed E-state index contributed by atoms with van der Waals surface area (Å²) in [4.78, 5) is 41.1. The molecule has 0 aliphatic carbocycles. The van der Waals surface area contributed by atoms with Gasteiger partial charge >= 0.3 is 6.09 Å². The van der Waals surface area contributed by atoms with Crippen LogP contribution in [0.1, 0.15) is 37.4 Å². The number of nitrogens with one attached hydrogen (secondary N) is 2. The molecule has 1 aliphatic heterocycles. The molecule has 15 heteroatoms. The van der Waals surface area contributed by atoms with E-state index in [1.807, 2.05) is 30.3 Å². The summed E-state index contributed by atoms with van der Waals surface area (Å²) in [5.74, 6) is -1.12. The fraction of sp³-hybridized carbons (Fsp3) is 0.286. The quantitative estimate of drug-likeness (QED) is 0.188. The summed E-state index contributed by atoms with van der Waals surface area (Å²) in [7, 11) is -3.92. The van der Waals surface area contributed by atoms with Crippen molar-refractivity contribution in [1.82, 2.24) is 24.4 Å². The van der Waals surface area contributed by atoms with E-state index in [0.29, 0.717) is 5.56 Å². The number of anilines is 2. The number of fused-ring (bicyclic) bond motifs is 1. The number of piperidine rings is 1. The molecule has 2 N–H and O–H groups in total. The molecule has 0 spiro atoms. The summed E-state index contributed by atoms with van der Waals surface area (Å²) < 4.78 is 64.4. The van der Waals surface area contributed by atoms with Crippen LogP contribution in [0.25, 0.3) is 22.4 Å². The number of ether oxygens (including phenoxy) is 1. The lowest BCUT2D eigenvalue weighted by Gasteiger charge is -2.34. The summed E-state index contributed by atoms with van der Waals surface area (Å²) in [6.45, 7) is 3.65. The number of alkyl halides is 1. The third-order valence-corrected chi connectivity index (χ3v) is 9.30. The van der Waals surface area contributed by atoms with Crippen molar-refractivity contribution in [3.05, 3.63) is 112 Å². The number of halogens is 2. The molecule has 0 saturated carbocycles. The van der Waals surface area contributed by atoms with Gasteiger partial charge < -0.3 is 15.0 Å². The van der Waals surface area contributed by atoms with Crippen molar-refractivity contribution < 1.29 is 26.7 Å². The van der Waals surface area contributed by atoms with Crippen molar-refractivity contribution in [2.24, 2.45) is 0 Å². The second-order valence-electron chi connectivity index (χ2n) is 12.3. The Morgan fingerprint density at radius 1 is 1.00 bits per heavy atom. The Bertz CT molecular complexity index is 2170. The Balaban J connectivity index is 1.21. The summed E-state index contributed by atoms with van der Waals surface area (Å²) in [6, 6.07) is 20.4. The number of likely N-dealkylation sites (tertiary alicyclic amines) is 1. The molecule has 1 amide bonds. The average Bonchev–Trinajstić information content (AvgIpc) is 3.08. The molecule has 1 saturated heterocycles. The maximum atomic E-state index is 15.3. The number of benzene rings is 3. The highest BCUT2D eigenvalue weighted by atomic mass is 32.2. The number of carbonyl (C=O) groups excluding carboxylic acids is 1. The minimum absolute atomic E-state index is 0.0606. The number of aromatic nitrogens is 4. The zero-order chi connectivity index (χ0) is 35.4. The first kappa shape index (κ1) is 34.4. The summed E-state index contributed by atoms with van der Waals surface area (Å²) in [5.41, 5.74) is 1.02. The van der Waals surface area contributed by atoms with Gasteiger partial charge in [0.1, 0.15) is 29.8 Å². The highest BCUT2D eigenvalue weighted by Crippen LogP contribution is 2.26. The van der Waals surface area contributed by atoms with E-state index < -0.39 is 45.7 Å². The van der Waals surface area contributed by atoms with E-state index in [1.165, 1.54) is 27.8 Å². The fourth-order valence-corrected chi connectivity index (χ4v) is 6.97. The molecule has 3 heterocycles. The monoisotopic (exact) mass is 703 g/mol. The number of amides is 1. The first-order valence-corrected chi connectivity index (χ1v) is 17.6. The molecule has 3 aromatic carbocycles. The summed E-state index contributed by atoms with van der Waals surface area (Å²) >= 11 is 0. The fourth-order valence-electron chi connectivity index (χ4n) is 5.76. The standard InChI is InChI=1S/C35H35F2N7O5S/c1-22(2)44-32-30(17-38-34(41-32)39-27-16-26(36)18-43(19-27)35(46)49-20-23-9-5-3-6-10-23)40-31(33(44)45)25-13-14-29(28(37)15-25)42-50(47,48)21-24-11-7-4-8-12-24/h3-15,17,22,26-27,42H,16,18-21H2,1-2H3,(H,38,39,41)/t26-,27-/m0/s1. The van der Waals surface area contributed by atoms with Crippen LogP contribution < -0.4 is 15.6 Å². The highest BCUT2D eigenvalue weighted by Gasteiger charge is 2.31. The van der Waals surface area contributed by atoms with Gasteiger partial charge in [0.15, 0.2) is 5.65 Å². The van der Waals surface area contributed by atoms with E-state index in [9.17, 15) is 22.4 Å². The van der Waals surface area contributed by atoms with Crippen molar-refractivity contribution >= 4 is 38.9 Å². The Morgan fingerprint density at radius 3 is 2.38 bits per heavy atom. The van der Waals surface area contributed by atoms with Crippen LogP contribution >= 0.6 is 0 Å². The molecule has 1 aliphatic rings. The Kier molecular flexibility index (Phi) is 10.0. The van der Waals surface area contributed by atoms with Crippen LogP contribution in [-0.4, -0.2) is 64.2 Å². The predicted octanol–water partition coefficient (Wildman–Crippen LogP) is 5.68. The lowest BCUT2D eigenvalue weighted by atomic mass is 10.0. The average molecular weight is 704 g/mol. The van der Waals surface area contributed by atoms with Crippen LogP contribution in [-0.2, 0) is 27.1 Å². The zero-order valence-electron chi connectivity index (χ0n) is 27.3. The number of hydrogen-bond acceptors (Lipinski definition) is 9. The van der Waals surface area contributed by atoms with E-state index >= 15 is 4.39 Å². The molecule has 50 heavy (non-hydrogen) atoms. The molecule has 0 bridgehead atoms. The van der Waals surface area contributed by atoms with Gasteiger partial charge in [0.2, 0.25) is 16.0 Å². The maximum Gasteiger partial charge on any atom is 0.410 e. The van der Waals surface area contributed by atoms with Crippen molar-refractivity contribution in [2.45, 2.75) is 50.9 Å². The van der Waals surface area contributed by atoms with Gasteiger partial charge in [-0.3, -0.25) is 14.1 Å². The van der Waals surface area contributed by atoms with E-state index in [-0.39, 0.29) is 65.9 Å². The van der Waals surface area contributed by atoms with Crippen LogP contribution in [0.2, 0.25) is 0 Å². The molecule has 2 aromatic heterocycles. The van der Waals surface area contributed by atoms with Crippen LogP contribution in [0.15, 0.2) is 89.9 Å². The predicted molar refractivity (Wildman–Crippen MR) is 185 cm³/mol. The van der Waals surface area contributed by atoms with Gasteiger partial charge in [0.05, 0.1) is 24.2 Å². The Hall–Kier alpha value is -5.44. The van der Waals surface area contributed by atoms with Gasteiger partial charge in [0, 0.05) is 30.6 Å². The van der Waals surface area contributed by atoms with Gasteiger partial charge in [-0.05, 0) is 37.1 Å². The summed E-state index contributed by atoms with van der Waals surface area (Å²) in [5, 5.41) is 3.08. The molecule has 5 aromatic rings. The number of nitrogens with zero attached hydrogens (tertiary/aromatic N) is 5. The lowest BCUT2D eigenvalue weighted by molar-refractivity contribution is 0.0685. The van der Waals surface area contributed by atoms with Crippen molar-refractivity contribution in [3.63, 3.8) is 0 Å². The van der Waals surface area contributed by atoms with Crippen molar-refractivity contribution in [3.8, 4) is 11.3 Å². The van der Waals surface area contributed by atoms with E-state index in [2.05, 4.69) is 25.0 Å². The van der Waals surface area contributed by atoms with Gasteiger partial charge in [0.25, 0.3) is 5.56 Å². The van der Waals surface area contributed by atoms with Gasteiger partial charge in [-0.25, -0.2) is 32.0 Å². The number of hydrogen-bond donors (Lipinski definition) is 2. The smallest absolute Gasteiger partial charge is 0.410 e. The molecule has 2 atom stereocenters. The highest BCUT2D eigenvalue weighted by molar-refractivity contribution is 7.91. The number of rotatable bonds is 10. The first-order chi connectivity index (χ1) is 24.0. The SMILES string of the molecule is CC(C)n1c(=O)c(-c2ccc(NS(=O)(=O)Cc3ccccc3)c(F)c2)nc2cnc(N[C@H]3C[C@H](F)CN(C(=O)OCc4ccccc4)C3)nc21. The van der Waals surface area contributed by atoms with Crippen LogP contribution in [0, 0.1) is 5.82 Å². The minimum atomic E-state index is -3.92. The largest absolute Gasteiger partial charge is 0.445 e. The van der Waals surface area contributed by atoms with Gasteiger partial charge in [-0.1, -0.05) is 66.7 Å². The lowest BCUT2D eigenvalue weighted by Crippen LogP contribution is -2.50. The first-order valence-electron chi connectivity index (χ1n) is 16.0. The molecule has 6 rings (SSSR count). The molecule has 260 valence electrons.